The van der Waals surface area contributed by atoms with E-state index in [0.29, 0.717) is 0 Å². The number of amides is 1. The van der Waals surface area contributed by atoms with E-state index >= 15 is 0 Å². The first kappa shape index (κ1) is 12.9. The van der Waals surface area contributed by atoms with Crippen LogP contribution < -0.4 is 5.32 Å². The number of anilines is 1. The number of aryl methyl sites for hydroxylation is 1. The van der Waals surface area contributed by atoms with E-state index in [0.717, 1.165) is 30.5 Å². The van der Waals surface area contributed by atoms with Crippen LogP contribution in [-0.2, 0) is 11.2 Å². The number of phenols is 1. The minimum absolute atomic E-state index is 0.0551. The predicted octanol–water partition coefficient (Wildman–Crippen LogP) is 3.33. The highest BCUT2D eigenvalue weighted by Crippen LogP contribution is 2.33. The normalized spacial score (nSPS) is 19.9. The van der Waals surface area contributed by atoms with Gasteiger partial charge < -0.3 is 10.4 Å². The zero-order chi connectivity index (χ0) is 13.3. The van der Waals surface area contributed by atoms with Gasteiger partial charge in [-0.05, 0) is 36.3 Å². The second kappa shape index (κ2) is 4.63. The van der Waals surface area contributed by atoms with Crippen molar-refractivity contribution in [1.29, 1.82) is 0 Å². The highest BCUT2D eigenvalue weighted by Gasteiger charge is 2.27. The summed E-state index contributed by atoms with van der Waals surface area (Å²) >= 11 is 0. The highest BCUT2D eigenvalue weighted by atomic mass is 16.3. The molecule has 0 aromatic heterocycles. The van der Waals surface area contributed by atoms with Gasteiger partial charge >= 0.3 is 0 Å². The van der Waals surface area contributed by atoms with Gasteiger partial charge in [0.1, 0.15) is 5.75 Å². The van der Waals surface area contributed by atoms with E-state index in [9.17, 15) is 9.90 Å². The van der Waals surface area contributed by atoms with Gasteiger partial charge in [-0.3, -0.25) is 4.79 Å². The lowest BCUT2D eigenvalue weighted by Crippen LogP contribution is -2.25. The molecule has 98 valence electrons. The number of carbonyl (C=O) groups is 1. The molecule has 3 nitrogen and oxygen atoms in total. The van der Waals surface area contributed by atoms with E-state index in [1.807, 2.05) is 6.07 Å². The second-order valence-electron chi connectivity index (χ2n) is 6.33. The summed E-state index contributed by atoms with van der Waals surface area (Å²) in [6.07, 6.45) is 2.65. The molecule has 1 heterocycles. The molecule has 1 atom stereocenters. The van der Waals surface area contributed by atoms with Crippen LogP contribution in [0.5, 0.6) is 5.75 Å². The number of rotatable bonds is 1. The summed E-state index contributed by atoms with van der Waals surface area (Å²) in [5.41, 5.74) is 2.02. The molecule has 2 N–H and O–H groups in total. The number of phenolic OH excluding ortho intramolecular Hbond substituents is 1. The van der Waals surface area contributed by atoms with Crippen LogP contribution in [0.1, 0.15) is 39.2 Å². The largest absolute Gasteiger partial charge is 0.508 e. The molecule has 0 fully saturated rings. The Morgan fingerprint density at radius 2 is 2.11 bits per heavy atom. The molecule has 1 aromatic carbocycles. The first-order valence-electron chi connectivity index (χ1n) is 6.48. The molecule has 18 heavy (non-hydrogen) atoms. The van der Waals surface area contributed by atoms with Crippen LogP contribution in [0.25, 0.3) is 0 Å². The fourth-order valence-electron chi connectivity index (χ4n) is 2.53. The SMILES string of the molecule is CC(C)(C)CC1CCc2ccc(O)cc2NC1=O. The molecule has 1 aliphatic heterocycles. The van der Waals surface area contributed by atoms with Gasteiger partial charge in [0.2, 0.25) is 5.91 Å². The van der Waals surface area contributed by atoms with Crippen molar-refractivity contribution in [3.05, 3.63) is 23.8 Å². The lowest BCUT2D eigenvalue weighted by Gasteiger charge is -2.23. The van der Waals surface area contributed by atoms with Gasteiger partial charge in [0.25, 0.3) is 0 Å². The topological polar surface area (TPSA) is 49.3 Å². The molecule has 0 bridgehead atoms. The average molecular weight is 247 g/mol. The van der Waals surface area contributed by atoms with Crippen molar-refractivity contribution in [2.45, 2.75) is 40.0 Å². The van der Waals surface area contributed by atoms with Gasteiger partial charge in [0, 0.05) is 17.7 Å². The number of hydrogen-bond donors (Lipinski definition) is 2. The standard InChI is InChI=1S/C15H21NO2/c1-15(2,3)9-11-5-4-10-6-7-12(17)8-13(10)16-14(11)18/h6-8,11,17H,4-5,9H2,1-3H3,(H,16,18). The molecule has 0 saturated heterocycles. The second-order valence-corrected chi connectivity index (χ2v) is 6.33. The summed E-state index contributed by atoms with van der Waals surface area (Å²) in [5, 5.41) is 12.4. The minimum Gasteiger partial charge on any atom is -0.508 e. The van der Waals surface area contributed by atoms with Gasteiger partial charge in [-0.15, -0.1) is 0 Å². The molecular formula is C15H21NO2. The molecule has 0 radical (unpaired) electrons. The van der Waals surface area contributed by atoms with Crippen LogP contribution in [-0.4, -0.2) is 11.0 Å². The number of benzene rings is 1. The van der Waals surface area contributed by atoms with Crippen molar-refractivity contribution in [3.8, 4) is 5.75 Å². The summed E-state index contributed by atoms with van der Waals surface area (Å²) in [7, 11) is 0. The van der Waals surface area contributed by atoms with Crippen molar-refractivity contribution >= 4 is 11.6 Å². The van der Waals surface area contributed by atoms with Crippen molar-refractivity contribution in [2.75, 3.05) is 5.32 Å². The van der Waals surface area contributed by atoms with Gasteiger partial charge in [0.05, 0.1) is 0 Å². The Bertz CT molecular complexity index is 460. The monoisotopic (exact) mass is 247 g/mol. The number of hydrogen-bond acceptors (Lipinski definition) is 2. The maximum Gasteiger partial charge on any atom is 0.227 e. The molecule has 2 rings (SSSR count). The third-order valence-corrected chi connectivity index (χ3v) is 3.34. The molecule has 1 aromatic rings. The summed E-state index contributed by atoms with van der Waals surface area (Å²) in [6, 6.07) is 5.20. The van der Waals surface area contributed by atoms with Crippen molar-refractivity contribution < 1.29 is 9.90 Å². The van der Waals surface area contributed by atoms with E-state index in [1.165, 1.54) is 0 Å². The Kier molecular flexibility index (Phi) is 3.33. The first-order chi connectivity index (χ1) is 8.35. The summed E-state index contributed by atoms with van der Waals surface area (Å²) in [6.45, 7) is 6.47. The van der Waals surface area contributed by atoms with Crippen LogP contribution in [0.4, 0.5) is 5.69 Å². The van der Waals surface area contributed by atoms with Crippen molar-refractivity contribution in [2.24, 2.45) is 11.3 Å². The van der Waals surface area contributed by atoms with Crippen LogP contribution >= 0.6 is 0 Å². The van der Waals surface area contributed by atoms with E-state index < -0.39 is 0 Å². The van der Waals surface area contributed by atoms with Gasteiger partial charge in [0.15, 0.2) is 0 Å². The third-order valence-electron chi connectivity index (χ3n) is 3.34. The Morgan fingerprint density at radius 3 is 2.78 bits per heavy atom. The number of carbonyl (C=O) groups excluding carboxylic acids is 1. The van der Waals surface area contributed by atoms with Gasteiger partial charge in [-0.25, -0.2) is 0 Å². The molecule has 1 aliphatic rings. The minimum atomic E-state index is 0.0551. The van der Waals surface area contributed by atoms with Crippen LogP contribution in [0, 0.1) is 11.3 Å². The molecule has 1 unspecified atom stereocenters. The van der Waals surface area contributed by atoms with Gasteiger partial charge in [-0.1, -0.05) is 26.8 Å². The van der Waals surface area contributed by atoms with Gasteiger partial charge in [-0.2, -0.15) is 0 Å². The first-order valence-corrected chi connectivity index (χ1v) is 6.48. The van der Waals surface area contributed by atoms with E-state index in [2.05, 4.69) is 26.1 Å². The molecule has 0 aliphatic carbocycles. The Hall–Kier alpha value is -1.51. The fourth-order valence-corrected chi connectivity index (χ4v) is 2.53. The summed E-state index contributed by atoms with van der Waals surface area (Å²) in [5.74, 6) is 0.331. The fraction of sp³-hybridized carbons (Fsp3) is 0.533. The summed E-state index contributed by atoms with van der Waals surface area (Å²) in [4.78, 5) is 12.2. The quantitative estimate of drug-likeness (QED) is 0.799. The van der Waals surface area contributed by atoms with E-state index in [4.69, 9.17) is 0 Å². The van der Waals surface area contributed by atoms with Crippen molar-refractivity contribution in [1.82, 2.24) is 0 Å². The summed E-state index contributed by atoms with van der Waals surface area (Å²) < 4.78 is 0. The zero-order valence-corrected chi connectivity index (χ0v) is 11.3. The molecular weight excluding hydrogens is 226 g/mol. The van der Waals surface area contributed by atoms with Crippen LogP contribution in [0.3, 0.4) is 0 Å². The highest BCUT2D eigenvalue weighted by molar-refractivity contribution is 5.94. The molecule has 0 saturated carbocycles. The lowest BCUT2D eigenvalue weighted by molar-refractivity contribution is -0.120. The molecule has 3 heteroatoms. The number of aromatic hydroxyl groups is 1. The predicted molar refractivity (Wildman–Crippen MR) is 72.6 cm³/mol. The Morgan fingerprint density at radius 1 is 1.39 bits per heavy atom. The number of nitrogens with one attached hydrogen (secondary N) is 1. The van der Waals surface area contributed by atoms with Crippen LogP contribution in [0.2, 0.25) is 0 Å². The van der Waals surface area contributed by atoms with Crippen molar-refractivity contribution in [3.63, 3.8) is 0 Å². The van der Waals surface area contributed by atoms with E-state index in [-0.39, 0.29) is 23.0 Å². The number of fused-ring (bicyclic) bond motifs is 1. The third kappa shape index (κ3) is 3.03. The zero-order valence-electron chi connectivity index (χ0n) is 11.3. The maximum atomic E-state index is 12.2. The molecule has 0 spiro atoms. The van der Waals surface area contributed by atoms with E-state index in [1.54, 1.807) is 12.1 Å². The lowest BCUT2D eigenvalue weighted by atomic mass is 9.82. The smallest absolute Gasteiger partial charge is 0.227 e. The maximum absolute atomic E-state index is 12.2. The Balaban J connectivity index is 2.19. The Labute approximate surface area is 108 Å². The van der Waals surface area contributed by atoms with Crippen LogP contribution in [0.15, 0.2) is 18.2 Å². The average Bonchev–Trinajstić information content (AvgIpc) is 2.37. The molecule has 1 amide bonds.